The molecule has 1 aliphatic heterocycles. The molecule has 3 heterocycles. The summed E-state index contributed by atoms with van der Waals surface area (Å²) in [5.74, 6) is -1.25. The van der Waals surface area contributed by atoms with Crippen LogP contribution in [0.15, 0.2) is 57.2 Å². The van der Waals surface area contributed by atoms with Crippen molar-refractivity contribution in [3.8, 4) is 0 Å². The van der Waals surface area contributed by atoms with Crippen LogP contribution in [0.4, 0.5) is 16.2 Å². The van der Waals surface area contributed by atoms with Crippen molar-refractivity contribution >= 4 is 40.8 Å². The van der Waals surface area contributed by atoms with E-state index in [0.717, 1.165) is 38.5 Å². The van der Waals surface area contributed by atoms with Gasteiger partial charge in [0, 0.05) is 18.0 Å². The maximum Gasteiger partial charge on any atom is 0.335 e. The Hall–Kier alpha value is -4.28. The summed E-state index contributed by atoms with van der Waals surface area (Å²) in [6.07, 6.45) is 8.82. The van der Waals surface area contributed by atoms with Gasteiger partial charge in [0.1, 0.15) is 17.2 Å². The number of aromatic nitrogens is 2. The molecule has 1 atom stereocenters. The van der Waals surface area contributed by atoms with Crippen molar-refractivity contribution in [3.05, 3.63) is 59.2 Å². The molecule has 2 aromatic heterocycles. The molecule has 198 valence electrons. The lowest BCUT2D eigenvalue weighted by Gasteiger charge is -2.32. The second-order valence-corrected chi connectivity index (χ2v) is 9.64. The molecule has 1 aromatic carbocycles. The second kappa shape index (κ2) is 11.0. The van der Waals surface area contributed by atoms with Gasteiger partial charge >= 0.3 is 12.0 Å². The number of hydrogen-bond acceptors (Lipinski definition) is 8. The summed E-state index contributed by atoms with van der Waals surface area (Å²) in [6.45, 7) is 1.80. The van der Waals surface area contributed by atoms with Gasteiger partial charge in [0.25, 0.3) is 5.91 Å². The van der Waals surface area contributed by atoms with E-state index >= 15 is 0 Å². The van der Waals surface area contributed by atoms with E-state index in [-0.39, 0.29) is 23.3 Å². The largest absolute Gasteiger partial charge is 0.478 e. The zero-order chi connectivity index (χ0) is 26.6. The maximum absolute atomic E-state index is 13.6. The number of carboxylic acid groups (broad SMARTS) is 1. The Morgan fingerprint density at radius 1 is 1.11 bits per heavy atom. The van der Waals surface area contributed by atoms with Crippen LogP contribution in [0, 0.1) is 11.7 Å². The van der Waals surface area contributed by atoms with Gasteiger partial charge in [0.15, 0.2) is 5.58 Å². The number of aromatic carboxylic acids is 1. The number of rotatable bonds is 5. The van der Waals surface area contributed by atoms with Crippen LogP contribution in [0.2, 0.25) is 0 Å². The van der Waals surface area contributed by atoms with Gasteiger partial charge in [-0.3, -0.25) is 10.1 Å². The molecule has 0 radical (unpaired) electrons. The molecular formula is C27H29FN6O4. The number of halogens is 1. The Morgan fingerprint density at radius 2 is 1.87 bits per heavy atom. The fourth-order valence-electron chi connectivity index (χ4n) is 5.08. The number of hydrogen-bond donors (Lipinski definition) is 4. The third-order valence-corrected chi connectivity index (χ3v) is 6.94. The topological polar surface area (TPSA) is 142 Å². The molecule has 4 N–H and O–H groups in total. The van der Waals surface area contributed by atoms with E-state index in [1.165, 1.54) is 42.9 Å². The van der Waals surface area contributed by atoms with Gasteiger partial charge in [-0.15, -0.1) is 0 Å². The number of allylic oxidation sites excluding steroid dienone is 1. The van der Waals surface area contributed by atoms with Crippen LogP contribution in [-0.2, 0) is 4.79 Å². The van der Waals surface area contributed by atoms with Crippen molar-refractivity contribution in [2.24, 2.45) is 10.9 Å². The van der Waals surface area contributed by atoms with Crippen molar-refractivity contribution in [1.82, 2.24) is 15.3 Å². The fraction of sp³-hybridized carbons (Fsp3) is 0.370. The normalized spacial score (nSPS) is 18.8. The van der Waals surface area contributed by atoms with Gasteiger partial charge in [-0.1, -0.05) is 32.1 Å². The van der Waals surface area contributed by atoms with E-state index in [2.05, 4.69) is 25.9 Å². The number of pyridine rings is 1. The van der Waals surface area contributed by atoms with Crippen LogP contribution in [0.25, 0.3) is 11.1 Å². The highest BCUT2D eigenvalue weighted by atomic mass is 19.1. The number of aliphatic imine (C=N–C) groups is 1. The first kappa shape index (κ1) is 25.4. The number of anilines is 2. The zero-order valence-electron chi connectivity index (χ0n) is 21.0. The summed E-state index contributed by atoms with van der Waals surface area (Å²) < 4.78 is 19.2. The lowest BCUT2D eigenvalue weighted by atomic mass is 9.81. The zero-order valence-corrected chi connectivity index (χ0v) is 21.0. The van der Waals surface area contributed by atoms with Crippen LogP contribution in [0.1, 0.15) is 62.2 Å². The average molecular weight is 521 g/mol. The quantitative estimate of drug-likeness (QED) is 0.365. The Balaban J connectivity index is 1.43. The van der Waals surface area contributed by atoms with Crippen LogP contribution in [-0.4, -0.2) is 39.0 Å². The smallest absolute Gasteiger partial charge is 0.335 e. The van der Waals surface area contributed by atoms with Gasteiger partial charge in [0.05, 0.1) is 17.2 Å². The van der Waals surface area contributed by atoms with E-state index in [4.69, 9.17) is 9.41 Å². The summed E-state index contributed by atoms with van der Waals surface area (Å²) in [5.41, 5.74) is 1.92. The van der Waals surface area contributed by atoms with E-state index < -0.39 is 23.7 Å². The van der Waals surface area contributed by atoms with E-state index in [9.17, 15) is 19.1 Å². The Kier molecular flexibility index (Phi) is 7.34. The van der Waals surface area contributed by atoms with Crippen LogP contribution >= 0.6 is 0 Å². The van der Waals surface area contributed by atoms with E-state index in [1.807, 2.05) is 0 Å². The predicted octanol–water partition coefficient (Wildman–Crippen LogP) is 5.07. The SMILES string of the molecule is CC1=C(C(=O)Nc2cc(C(=O)O)ccn2)C(C2CCCCCCC2)N=C(Nc2nc3ccc(F)cc3o2)N1. The first-order chi connectivity index (χ1) is 18.4. The summed E-state index contributed by atoms with van der Waals surface area (Å²) in [7, 11) is 0. The molecule has 1 aliphatic carbocycles. The molecule has 1 fully saturated rings. The number of oxazole rings is 1. The summed E-state index contributed by atoms with van der Waals surface area (Å²) in [6, 6.07) is 6.52. The number of carbonyl (C=O) groups excluding carboxylic acids is 1. The molecule has 5 rings (SSSR count). The number of benzene rings is 1. The number of carbonyl (C=O) groups is 2. The molecule has 1 unspecified atom stereocenters. The molecular weight excluding hydrogens is 491 g/mol. The van der Waals surface area contributed by atoms with Crippen molar-refractivity contribution in [2.45, 2.75) is 57.9 Å². The summed E-state index contributed by atoms with van der Waals surface area (Å²) in [4.78, 5) is 38.2. The first-order valence-electron chi connectivity index (χ1n) is 12.8. The number of guanidine groups is 1. The minimum absolute atomic E-state index is 0.0297. The van der Waals surface area contributed by atoms with Gasteiger partial charge in [-0.2, -0.15) is 4.98 Å². The number of nitrogens with one attached hydrogen (secondary N) is 3. The van der Waals surface area contributed by atoms with Crippen molar-refractivity contribution in [2.75, 3.05) is 10.6 Å². The minimum atomic E-state index is -1.10. The third-order valence-electron chi connectivity index (χ3n) is 6.94. The van der Waals surface area contributed by atoms with Crippen LogP contribution < -0.4 is 16.0 Å². The second-order valence-electron chi connectivity index (χ2n) is 9.64. The van der Waals surface area contributed by atoms with E-state index in [0.29, 0.717) is 28.3 Å². The first-order valence-corrected chi connectivity index (χ1v) is 12.8. The van der Waals surface area contributed by atoms with Gasteiger partial charge < -0.3 is 20.2 Å². The molecule has 38 heavy (non-hydrogen) atoms. The van der Waals surface area contributed by atoms with Crippen LogP contribution in [0.3, 0.4) is 0 Å². The Bertz CT molecular complexity index is 1420. The predicted molar refractivity (Wildman–Crippen MR) is 140 cm³/mol. The fourth-order valence-corrected chi connectivity index (χ4v) is 5.08. The van der Waals surface area contributed by atoms with Gasteiger partial charge in [0.2, 0.25) is 5.96 Å². The molecule has 1 amide bonds. The Morgan fingerprint density at radius 3 is 2.63 bits per heavy atom. The van der Waals surface area contributed by atoms with Crippen molar-refractivity contribution in [3.63, 3.8) is 0 Å². The molecule has 11 heteroatoms. The van der Waals surface area contributed by atoms with Crippen LogP contribution in [0.5, 0.6) is 0 Å². The molecule has 0 saturated heterocycles. The maximum atomic E-state index is 13.6. The molecule has 0 spiro atoms. The summed E-state index contributed by atoms with van der Waals surface area (Å²) in [5, 5.41) is 18.2. The average Bonchev–Trinajstić information content (AvgIpc) is 3.24. The van der Waals surface area contributed by atoms with Gasteiger partial charge in [-0.25, -0.2) is 19.2 Å². The molecule has 2 aliphatic rings. The van der Waals surface area contributed by atoms with Crippen molar-refractivity contribution < 1.29 is 23.5 Å². The lowest BCUT2D eigenvalue weighted by Crippen LogP contribution is -2.42. The van der Waals surface area contributed by atoms with Crippen molar-refractivity contribution in [1.29, 1.82) is 0 Å². The number of amides is 1. The highest BCUT2D eigenvalue weighted by Gasteiger charge is 2.34. The third kappa shape index (κ3) is 5.66. The Labute approximate surface area is 218 Å². The van der Waals surface area contributed by atoms with E-state index in [1.54, 1.807) is 6.92 Å². The summed E-state index contributed by atoms with van der Waals surface area (Å²) >= 11 is 0. The number of nitrogens with zero attached hydrogens (tertiary/aromatic N) is 3. The highest BCUT2D eigenvalue weighted by Crippen LogP contribution is 2.33. The highest BCUT2D eigenvalue weighted by molar-refractivity contribution is 6.07. The molecule has 0 bridgehead atoms. The molecule has 1 saturated carbocycles. The molecule has 10 nitrogen and oxygen atoms in total. The van der Waals surface area contributed by atoms with Gasteiger partial charge in [-0.05, 0) is 49.9 Å². The number of fused-ring (bicyclic) bond motifs is 1. The lowest BCUT2D eigenvalue weighted by molar-refractivity contribution is -0.113. The molecule has 3 aromatic rings. The standard InChI is InChI=1S/C27H29FN6O4/c1-15-22(24(35)32-21-13-17(25(36)37)11-12-29-21)23(16-7-5-3-2-4-6-8-16)33-26(30-15)34-27-31-19-10-9-18(28)14-20(19)38-27/h9-14,16,23H,2-8H2,1H3,(H,36,37)(H,29,32,35)(H2,30,31,33,34). The minimum Gasteiger partial charge on any atom is -0.478 e. The number of carboxylic acids is 1. The monoisotopic (exact) mass is 520 g/mol.